The van der Waals surface area contributed by atoms with Crippen LogP contribution in [0.1, 0.15) is 13.8 Å². The summed E-state index contributed by atoms with van der Waals surface area (Å²) in [7, 11) is 0. The van der Waals surface area contributed by atoms with Crippen molar-refractivity contribution in [3.05, 3.63) is 0 Å². The van der Waals surface area contributed by atoms with E-state index in [1.165, 1.54) is 18.7 Å². The van der Waals surface area contributed by atoms with Gasteiger partial charge in [-0.1, -0.05) is 0 Å². The number of nitrogens with zero attached hydrogens (tertiary/aromatic N) is 1. The molecule has 1 aliphatic heterocycles. The largest absolute Gasteiger partial charge is 0.392 e. The van der Waals surface area contributed by atoms with Crippen LogP contribution in [0.3, 0.4) is 0 Å². The third-order valence-corrected chi connectivity index (χ3v) is 3.00. The molecule has 0 unspecified atom stereocenters. The summed E-state index contributed by atoms with van der Waals surface area (Å²) in [5.41, 5.74) is 0. The summed E-state index contributed by atoms with van der Waals surface area (Å²) in [5, 5.41) is 10.0. The number of aliphatic hydroxyl groups is 1. The second kappa shape index (κ2) is 4.18. The molecule has 3 atom stereocenters. The molecule has 0 bridgehead atoms. The Balaban J connectivity index is 2.64. The van der Waals surface area contributed by atoms with E-state index in [0.29, 0.717) is 0 Å². The van der Waals surface area contributed by atoms with Crippen molar-refractivity contribution >= 4 is 23.6 Å². The standard InChI is InChI=1S/C8H13NO4S/c1-4(10)6-7(12)9(8(6)14-3)13-5(2)11/h4,6,8,10H,1-3H3/t4-,6+,8-/m1/s1. The van der Waals surface area contributed by atoms with Gasteiger partial charge in [0.05, 0.1) is 6.10 Å². The van der Waals surface area contributed by atoms with Gasteiger partial charge in [-0.15, -0.1) is 11.8 Å². The molecule has 1 aliphatic rings. The summed E-state index contributed by atoms with van der Waals surface area (Å²) in [6, 6.07) is 0. The van der Waals surface area contributed by atoms with Gasteiger partial charge in [0, 0.05) is 6.92 Å². The third kappa shape index (κ3) is 1.85. The fourth-order valence-corrected chi connectivity index (χ4v) is 2.36. The van der Waals surface area contributed by atoms with Gasteiger partial charge in [-0.05, 0) is 13.2 Å². The summed E-state index contributed by atoms with van der Waals surface area (Å²) in [5.74, 6) is -1.33. The van der Waals surface area contributed by atoms with Crippen molar-refractivity contribution in [2.24, 2.45) is 5.92 Å². The third-order valence-electron chi connectivity index (χ3n) is 2.03. The quantitative estimate of drug-likeness (QED) is 0.676. The Labute approximate surface area is 86.4 Å². The molecule has 1 fully saturated rings. The van der Waals surface area contributed by atoms with Gasteiger partial charge in [0.15, 0.2) is 0 Å². The Morgan fingerprint density at radius 1 is 1.71 bits per heavy atom. The van der Waals surface area contributed by atoms with Crippen molar-refractivity contribution in [3.63, 3.8) is 0 Å². The SMILES string of the molecule is CS[C@@H]1[C@@H]([C@@H](C)O)C(=O)N1OC(C)=O. The molecule has 0 saturated carbocycles. The molecule has 0 spiro atoms. The molecule has 0 radical (unpaired) electrons. The summed E-state index contributed by atoms with van der Waals surface area (Å²) >= 11 is 1.37. The van der Waals surface area contributed by atoms with E-state index in [-0.39, 0.29) is 11.3 Å². The zero-order valence-electron chi connectivity index (χ0n) is 8.26. The van der Waals surface area contributed by atoms with Crippen molar-refractivity contribution in [2.75, 3.05) is 6.26 Å². The van der Waals surface area contributed by atoms with Crippen LogP contribution in [0, 0.1) is 5.92 Å². The predicted molar refractivity (Wildman–Crippen MR) is 51.1 cm³/mol. The lowest BCUT2D eigenvalue weighted by atomic mass is 9.95. The summed E-state index contributed by atoms with van der Waals surface area (Å²) in [4.78, 5) is 26.7. The number of amides is 1. The molecule has 5 nitrogen and oxygen atoms in total. The smallest absolute Gasteiger partial charge is 0.329 e. The number of hydroxylamine groups is 2. The number of hydrogen-bond donors (Lipinski definition) is 1. The van der Waals surface area contributed by atoms with E-state index >= 15 is 0 Å². The summed E-state index contributed by atoms with van der Waals surface area (Å²) < 4.78 is 0. The van der Waals surface area contributed by atoms with Gasteiger partial charge in [-0.2, -0.15) is 5.06 Å². The topological polar surface area (TPSA) is 66.8 Å². The van der Waals surface area contributed by atoms with Crippen LogP contribution in [-0.2, 0) is 14.4 Å². The van der Waals surface area contributed by atoms with E-state index in [1.54, 1.807) is 13.2 Å². The van der Waals surface area contributed by atoms with Gasteiger partial charge in [0.2, 0.25) is 0 Å². The monoisotopic (exact) mass is 219 g/mol. The maximum absolute atomic E-state index is 11.4. The van der Waals surface area contributed by atoms with Crippen molar-refractivity contribution in [1.29, 1.82) is 0 Å². The van der Waals surface area contributed by atoms with Crippen LogP contribution < -0.4 is 0 Å². The number of aliphatic hydroxyl groups excluding tert-OH is 1. The van der Waals surface area contributed by atoms with Gasteiger partial charge >= 0.3 is 5.97 Å². The molecule has 1 N–H and O–H groups in total. The maximum atomic E-state index is 11.4. The van der Waals surface area contributed by atoms with Gasteiger partial charge in [-0.3, -0.25) is 9.59 Å². The van der Waals surface area contributed by atoms with Crippen LogP contribution in [0.25, 0.3) is 0 Å². The molecule has 1 saturated heterocycles. The fourth-order valence-electron chi connectivity index (χ4n) is 1.38. The van der Waals surface area contributed by atoms with Crippen LogP contribution in [-0.4, -0.2) is 39.8 Å². The van der Waals surface area contributed by atoms with Crippen molar-refractivity contribution < 1.29 is 19.5 Å². The maximum Gasteiger partial charge on any atom is 0.329 e. The van der Waals surface area contributed by atoms with Crippen molar-refractivity contribution in [3.8, 4) is 0 Å². The van der Waals surface area contributed by atoms with Gasteiger partial charge in [-0.25, -0.2) is 0 Å². The molecule has 14 heavy (non-hydrogen) atoms. The number of rotatable bonds is 3. The highest BCUT2D eigenvalue weighted by Crippen LogP contribution is 2.36. The molecule has 0 aromatic heterocycles. The molecule has 0 aromatic rings. The van der Waals surface area contributed by atoms with Crippen LogP contribution in [0.5, 0.6) is 0 Å². The lowest BCUT2D eigenvalue weighted by molar-refractivity contribution is -0.231. The Bertz CT molecular complexity index is 256. The molecular formula is C8H13NO4S. The van der Waals surface area contributed by atoms with Gasteiger partial charge in [0.25, 0.3) is 5.91 Å². The van der Waals surface area contributed by atoms with Crippen molar-refractivity contribution in [1.82, 2.24) is 5.06 Å². The van der Waals surface area contributed by atoms with Crippen LogP contribution >= 0.6 is 11.8 Å². The second-order valence-electron chi connectivity index (χ2n) is 3.14. The number of carbonyl (C=O) groups is 2. The average Bonchev–Trinajstić information content (AvgIpc) is 2.08. The highest BCUT2D eigenvalue weighted by molar-refractivity contribution is 7.99. The van der Waals surface area contributed by atoms with E-state index in [9.17, 15) is 14.7 Å². The number of thioether (sulfide) groups is 1. The first-order valence-electron chi connectivity index (χ1n) is 4.21. The first-order chi connectivity index (χ1) is 6.49. The minimum absolute atomic E-state index is 0.272. The second-order valence-corrected chi connectivity index (χ2v) is 4.09. The molecule has 1 rings (SSSR count). The Morgan fingerprint density at radius 3 is 2.64 bits per heavy atom. The minimum Gasteiger partial charge on any atom is -0.392 e. The predicted octanol–water partition coefficient (Wildman–Crippen LogP) is -0.00720. The van der Waals surface area contributed by atoms with Crippen molar-refractivity contribution in [2.45, 2.75) is 25.3 Å². The number of hydrogen-bond acceptors (Lipinski definition) is 5. The Hall–Kier alpha value is -0.750. The van der Waals surface area contributed by atoms with E-state index in [2.05, 4.69) is 0 Å². The Morgan fingerprint density at radius 2 is 2.29 bits per heavy atom. The molecule has 80 valence electrons. The normalized spacial score (nSPS) is 28.3. The van der Waals surface area contributed by atoms with E-state index in [4.69, 9.17) is 4.84 Å². The van der Waals surface area contributed by atoms with Gasteiger partial charge < -0.3 is 9.94 Å². The molecular weight excluding hydrogens is 206 g/mol. The van der Waals surface area contributed by atoms with Crippen LogP contribution in [0.2, 0.25) is 0 Å². The molecule has 1 amide bonds. The number of β-lactam (4-membered cyclic amide) rings is 1. The average molecular weight is 219 g/mol. The lowest BCUT2D eigenvalue weighted by Crippen LogP contribution is -2.62. The number of carbonyl (C=O) groups excluding carboxylic acids is 2. The van der Waals surface area contributed by atoms with Crippen LogP contribution in [0.4, 0.5) is 0 Å². The molecule has 0 aromatic carbocycles. The van der Waals surface area contributed by atoms with E-state index in [0.717, 1.165) is 5.06 Å². The zero-order valence-corrected chi connectivity index (χ0v) is 9.08. The van der Waals surface area contributed by atoms with E-state index < -0.39 is 18.0 Å². The zero-order chi connectivity index (χ0) is 10.9. The molecule has 6 heteroatoms. The summed E-state index contributed by atoms with van der Waals surface area (Å²) in [6.45, 7) is 2.79. The van der Waals surface area contributed by atoms with Gasteiger partial charge in [0.1, 0.15) is 11.3 Å². The first kappa shape index (κ1) is 11.3. The highest BCUT2D eigenvalue weighted by atomic mass is 32.2. The first-order valence-corrected chi connectivity index (χ1v) is 5.50. The summed E-state index contributed by atoms with van der Waals surface area (Å²) in [6.07, 6.45) is 1.08. The lowest BCUT2D eigenvalue weighted by Gasteiger charge is -2.44. The van der Waals surface area contributed by atoms with E-state index in [1.807, 2.05) is 0 Å². The fraction of sp³-hybridized carbons (Fsp3) is 0.750. The molecule has 1 heterocycles. The minimum atomic E-state index is -0.716. The molecule has 0 aliphatic carbocycles. The van der Waals surface area contributed by atoms with Crippen LogP contribution in [0.15, 0.2) is 0 Å². The Kier molecular flexibility index (Phi) is 3.38. The highest BCUT2D eigenvalue weighted by Gasteiger charge is 2.52.